The number of aryl methyl sites for hydroxylation is 1. The zero-order valence-corrected chi connectivity index (χ0v) is 22.8. The highest BCUT2D eigenvalue weighted by Crippen LogP contribution is 2.25. The number of oxazole rings is 1. The van der Waals surface area contributed by atoms with Gasteiger partial charge in [0.2, 0.25) is 11.8 Å². The van der Waals surface area contributed by atoms with E-state index in [-0.39, 0.29) is 17.7 Å². The van der Waals surface area contributed by atoms with Crippen molar-refractivity contribution in [1.82, 2.24) is 25.0 Å². The third-order valence-electron chi connectivity index (χ3n) is 7.66. The second-order valence-electron chi connectivity index (χ2n) is 10.7. The van der Waals surface area contributed by atoms with Crippen molar-refractivity contribution >= 4 is 11.8 Å². The fourth-order valence-corrected chi connectivity index (χ4v) is 5.30. The molecule has 1 N–H and O–H groups in total. The van der Waals surface area contributed by atoms with Gasteiger partial charge in [-0.2, -0.15) is 0 Å². The molecule has 0 atom stereocenters. The molecule has 0 radical (unpaired) electrons. The Balaban J connectivity index is 1.20. The number of nitrogens with one attached hydrogen (secondary N) is 1. The number of benzene rings is 1. The molecule has 0 saturated carbocycles. The van der Waals surface area contributed by atoms with Crippen molar-refractivity contribution in [2.75, 3.05) is 53.4 Å². The first-order valence-electron chi connectivity index (χ1n) is 13.9. The molecule has 8 heteroatoms. The average Bonchev–Trinajstić information content (AvgIpc) is 3.09. The van der Waals surface area contributed by atoms with Crippen LogP contribution in [0.3, 0.4) is 0 Å². The Bertz CT molecular complexity index is 1020. The van der Waals surface area contributed by atoms with Gasteiger partial charge in [0.25, 0.3) is 5.91 Å². The lowest BCUT2D eigenvalue weighted by atomic mass is 9.95. The maximum Gasteiger partial charge on any atom is 0.253 e. The van der Waals surface area contributed by atoms with Crippen molar-refractivity contribution in [2.24, 2.45) is 5.92 Å². The van der Waals surface area contributed by atoms with Gasteiger partial charge in [0.05, 0.1) is 5.69 Å². The van der Waals surface area contributed by atoms with Crippen LogP contribution >= 0.6 is 0 Å². The molecule has 0 aliphatic carbocycles. The Kier molecular flexibility index (Phi) is 9.75. The van der Waals surface area contributed by atoms with Gasteiger partial charge in [0.15, 0.2) is 0 Å². The molecule has 8 nitrogen and oxygen atoms in total. The first kappa shape index (κ1) is 27.3. The van der Waals surface area contributed by atoms with Gasteiger partial charge >= 0.3 is 0 Å². The van der Waals surface area contributed by atoms with Gasteiger partial charge in [-0.05, 0) is 96.0 Å². The number of nitrogens with zero attached hydrogens (tertiary/aromatic N) is 4. The number of hydrogen-bond donors (Lipinski definition) is 1. The zero-order valence-electron chi connectivity index (χ0n) is 22.8. The van der Waals surface area contributed by atoms with Crippen molar-refractivity contribution in [3.05, 3.63) is 41.3 Å². The molecule has 2 aliphatic heterocycles. The smallest absolute Gasteiger partial charge is 0.253 e. The van der Waals surface area contributed by atoms with E-state index in [2.05, 4.69) is 15.1 Å². The summed E-state index contributed by atoms with van der Waals surface area (Å²) in [7, 11) is 3.49. The molecule has 0 spiro atoms. The summed E-state index contributed by atoms with van der Waals surface area (Å²) in [6, 6.07) is 7.37. The van der Waals surface area contributed by atoms with Crippen LogP contribution in [-0.4, -0.2) is 84.9 Å². The van der Waals surface area contributed by atoms with Crippen molar-refractivity contribution in [2.45, 2.75) is 58.4 Å². The predicted molar refractivity (Wildman–Crippen MR) is 145 cm³/mol. The second-order valence-corrected chi connectivity index (χ2v) is 10.7. The molecule has 0 unspecified atom stereocenters. The number of aromatic nitrogens is 1. The standard InChI is InChI=1S/C29H43N5O3/c1-22-26(31-28(37-22)24-9-11-25(12-10-24)29(36)32(2)3)21-34-19-13-23(14-20-34)27(35)30-15-8-18-33-16-6-4-5-7-17-33/h9-12,23H,4-8,13-21H2,1-3H3,(H,30,35). The van der Waals surface area contributed by atoms with Crippen molar-refractivity contribution in [3.63, 3.8) is 0 Å². The zero-order chi connectivity index (χ0) is 26.2. The van der Waals surface area contributed by atoms with E-state index in [4.69, 9.17) is 9.40 Å². The molecular formula is C29H43N5O3. The van der Waals surface area contributed by atoms with Crippen LogP contribution in [0.2, 0.25) is 0 Å². The van der Waals surface area contributed by atoms with E-state index in [1.165, 1.54) is 38.8 Å². The van der Waals surface area contributed by atoms with E-state index < -0.39 is 0 Å². The van der Waals surface area contributed by atoms with Crippen LogP contribution in [0, 0.1) is 12.8 Å². The van der Waals surface area contributed by atoms with Crippen molar-refractivity contribution < 1.29 is 14.0 Å². The van der Waals surface area contributed by atoms with Gasteiger partial charge in [-0.3, -0.25) is 14.5 Å². The van der Waals surface area contributed by atoms with Gasteiger partial charge < -0.3 is 19.5 Å². The number of rotatable bonds is 9. The van der Waals surface area contributed by atoms with Crippen LogP contribution in [0.4, 0.5) is 0 Å². The summed E-state index contributed by atoms with van der Waals surface area (Å²) in [5, 5.41) is 3.18. The topological polar surface area (TPSA) is 81.9 Å². The minimum absolute atomic E-state index is 0.0271. The van der Waals surface area contributed by atoms with Crippen molar-refractivity contribution in [1.29, 1.82) is 0 Å². The monoisotopic (exact) mass is 509 g/mol. The van der Waals surface area contributed by atoms with E-state index in [0.717, 1.165) is 69.0 Å². The van der Waals surface area contributed by atoms with Gasteiger partial charge in [-0.15, -0.1) is 0 Å². The minimum Gasteiger partial charge on any atom is -0.441 e. The number of carbonyl (C=O) groups is 2. The van der Waals surface area contributed by atoms with Crippen LogP contribution in [0.25, 0.3) is 11.5 Å². The molecule has 1 aromatic heterocycles. The van der Waals surface area contributed by atoms with Gasteiger partial charge in [-0.25, -0.2) is 4.98 Å². The highest BCUT2D eigenvalue weighted by atomic mass is 16.4. The van der Waals surface area contributed by atoms with Gasteiger partial charge in [-0.1, -0.05) is 12.8 Å². The molecule has 1 aromatic carbocycles. The normalized spacial score (nSPS) is 17.9. The maximum atomic E-state index is 12.7. The Morgan fingerprint density at radius 1 is 1.00 bits per heavy atom. The van der Waals surface area contributed by atoms with E-state index in [0.29, 0.717) is 11.5 Å². The van der Waals surface area contributed by atoms with Crippen molar-refractivity contribution in [3.8, 4) is 11.5 Å². The Labute approximate surface area is 221 Å². The van der Waals surface area contributed by atoms with E-state index >= 15 is 0 Å². The summed E-state index contributed by atoms with van der Waals surface area (Å²) in [5.41, 5.74) is 2.43. The van der Waals surface area contributed by atoms with Gasteiger partial charge in [0.1, 0.15) is 5.76 Å². The molecule has 4 rings (SSSR count). The number of hydrogen-bond acceptors (Lipinski definition) is 6. The first-order chi connectivity index (χ1) is 17.9. The summed E-state index contributed by atoms with van der Waals surface area (Å²) in [6.07, 6.45) is 8.13. The molecule has 2 aromatic rings. The molecule has 37 heavy (non-hydrogen) atoms. The molecule has 0 bridgehead atoms. The Morgan fingerprint density at radius 3 is 2.32 bits per heavy atom. The highest BCUT2D eigenvalue weighted by molar-refractivity contribution is 5.94. The van der Waals surface area contributed by atoms with E-state index in [1.807, 2.05) is 31.2 Å². The summed E-state index contributed by atoms with van der Waals surface area (Å²) in [4.78, 5) is 36.0. The lowest BCUT2D eigenvalue weighted by Crippen LogP contribution is -2.41. The maximum absolute atomic E-state index is 12.7. The molecular weight excluding hydrogens is 466 g/mol. The molecule has 2 saturated heterocycles. The van der Waals surface area contributed by atoms with E-state index in [9.17, 15) is 9.59 Å². The molecule has 202 valence electrons. The van der Waals surface area contributed by atoms with Crippen LogP contribution in [0.1, 0.15) is 66.8 Å². The van der Waals surface area contributed by atoms with E-state index in [1.54, 1.807) is 19.0 Å². The average molecular weight is 510 g/mol. The number of amides is 2. The lowest BCUT2D eigenvalue weighted by Gasteiger charge is -2.30. The minimum atomic E-state index is -0.0271. The molecule has 3 heterocycles. The third kappa shape index (κ3) is 7.65. The fraction of sp³-hybridized carbons (Fsp3) is 0.621. The summed E-state index contributed by atoms with van der Waals surface area (Å²) >= 11 is 0. The Morgan fingerprint density at radius 2 is 1.68 bits per heavy atom. The summed E-state index contributed by atoms with van der Waals surface area (Å²) < 4.78 is 5.95. The number of likely N-dealkylation sites (tertiary alicyclic amines) is 2. The number of carbonyl (C=O) groups excluding carboxylic acids is 2. The summed E-state index contributed by atoms with van der Waals surface area (Å²) in [5.74, 6) is 1.68. The number of piperidine rings is 1. The van der Waals surface area contributed by atoms with Gasteiger partial charge in [0, 0.05) is 44.2 Å². The second kappa shape index (κ2) is 13.2. The van der Waals surface area contributed by atoms with Crippen LogP contribution in [-0.2, 0) is 11.3 Å². The largest absolute Gasteiger partial charge is 0.441 e. The SMILES string of the molecule is Cc1oc(-c2ccc(C(=O)N(C)C)cc2)nc1CN1CCC(C(=O)NCCCN2CCCCCC2)CC1. The van der Waals surface area contributed by atoms with Crippen LogP contribution in [0.5, 0.6) is 0 Å². The quantitative estimate of drug-likeness (QED) is 0.516. The predicted octanol–water partition coefficient (Wildman–Crippen LogP) is 3.95. The molecule has 2 aliphatic rings. The lowest BCUT2D eigenvalue weighted by molar-refractivity contribution is -0.126. The third-order valence-corrected chi connectivity index (χ3v) is 7.66. The highest BCUT2D eigenvalue weighted by Gasteiger charge is 2.26. The first-order valence-corrected chi connectivity index (χ1v) is 13.9. The molecule has 2 fully saturated rings. The molecule has 2 amide bonds. The fourth-order valence-electron chi connectivity index (χ4n) is 5.30. The summed E-state index contributed by atoms with van der Waals surface area (Å²) in [6.45, 7) is 8.73. The Hall–Kier alpha value is -2.71. The van der Waals surface area contributed by atoms with Crippen LogP contribution < -0.4 is 5.32 Å². The van der Waals surface area contributed by atoms with Crippen LogP contribution in [0.15, 0.2) is 28.7 Å².